The smallest absolute Gasteiger partial charge is 0.303 e. The molecule has 38 heavy (non-hydrogen) atoms. The number of hydrogen-bond acceptors (Lipinski definition) is 4. The van der Waals surface area contributed by atoms with Crippen molar-refractivity contribution in [3.8, 4) is 17.1 Å². The molecule has 5 rings (SSSR count). The Morgan fingerprint density at radius 3 is 2.53 bits per heavy atom. The van der Waals surface area contributed by atoms with Gasteiger partial charge in [-0.1, -0.05) is 30.3 Å². The van der Waals surface area contributed by atoms with Gasteiger partial charge in [0, 0.05) is 42.2 Å². The van der Waals surface area contributed by atoms with Crippen molar-refractivity contribution in [2.75, 3.05) is 7.11 Å². The summed E-state index contributed by atoms with van der Waals surface area (Å²) < 4.78 is 21.8. The highest BCUT2D eigenvalue weighted by Crippen LogP contribution is 2.29. The number of benzene rings is 2. The molecule has 2 N–H and O–H groups in total. The van der Waals surface area contributed by atoms with Gasteiger partial charge in [-0.25, -0.2) is 9.37 Å². The third kappa shape index (κ3) is 5.54. The molecule has 2 heterocycles. The highest BCUT2D eigenvalue weighted by molar-refractivity contribution is 6.06. The molecule has 0 spiro atoms. The lowest BCUT2D eigenvalue weighted by Crippen LogP contribution is -2.38. The van der Waals surface area contributed by atoms with E-state index in [-0.39, 0.29) is 30.1 Å². The number of aromatic nitrogens is 2. The highest BCUT2D eigenvalue weighted by atomic mass is 19.1. The number of nitrogens with zero attached hydrogens (tertiary/aromatic N) is 2. The normalized spacial score (nSPS) is 17.3. The predicted molar refractivity (Wildman–Crippen MR) is 143 cm³/mol. The maximum atomic E-state index is 14.7. The molecule has 1 amide bonds. The molecule has 4 aromatic rings. The fraction of sp³-hybridized carbons (Fsp3) is 0.300. The Morgan fingerprint density at radius 1 is 1.05 bits per heavy atom. The molecule has 0 bridgehead atoms. The number of fused-ring (bicyclic) bond motifs is 1. The molecule has 0 saturated heterocycles. The summed E-state index contributed by atoms with van der Waals surface area (Å²) in [5.41, 5.74) is 3.74. The zero-order valence-corrected chi connectivity index (χ0v) is 21.2. The van der Waals surface area contributed by atoms with E-state index in [4.69, 9.17) is 9.84 Å². The second-order valence-corrected chi connectivity index (χ2v) is 9.85. The van der Waals surface area contributed by atoms with Gasteiger partial charge >= 0.3 is 5.97 Å². The number of rotatable bonds is 8. The molecule has 0 aliphatic heterocycles. The second kappa shape index (κ2) is 11.0. The van der Waals surface area contributed by atoms with Gasteiger partial charge < -0.3 is 19.7 Å². The van der Waals surface area contributed by atoms with E-state index in [0.29, 0.717) is 28.9 Å². The second-order valence-electron chi connectivity index (χ2n) is 9.85. The molecule has 7 nitrogen and oxygen atoms in total. The summed E-state index contributed by atoms with van der Waals surface area (Å²) in [6, 6.07) is 18.1. The SMILES string of the molecule is COc1cccc(-c2ccc(Cn3ccc4c(F)ccc(C(=O)NC5CCC(CC(=O)O)CC5)c43)cc2)n1. The number of hydrogen-bond donors (Lipinski definition) is 2. The molecule has 196 valence electrons. The molecule has 8 heteroatoms. The Hall–Kier alpha value is -4.20. The largest absolute Gasteiger partial charge is 0.481 e. The lowest BCUT2D eigenvalue weighted by molar-refractivity contribution is -0.138. The van der Waals surface area contributed by atoms with Crippen LogP contribution in [0.3, 0.4) is 0 Å². The number of halogens is 1. The topological polar surface area (TPSA) is 93.5 Å². The Kier molecular flexibility index (Phi) is 7.40. The Balaban J connectivity index is 1.34. The van der Waals surface area contributed by atoms with Gasteiger partial charge in [-0.2, -0.15) is 0 Å². The van der Waals surface area contributed by atoms with Gasteiger partial charge in [-0.3, -0.25) is 9.59 Å². The van der Waals surface area contributed by atoms with Crippen molar-refractivity contribution in [2.24, 2.45) is 5.92 Å². The number of methoxy groups -OCH3 is 1. The van der Waals surface area contributed by atoms with E-state index < -0.39 is 5.97 Å². The van der Waals surface area contributed by atoms with Crippen LogP contribution in [0.2, 0.25) is 0 Å². The zero-order chi connectivity index (χ0) is 26.6. The zero-order valence-electron chi connectivity index (χ0n) is 21.2. The van der Waals surface area contributed by atoms with Gasteiger partial charge in [-0.15, -0.1) is 0 Å². The number of nitrogens with one attached hydrogen (secondary N) is 1. The van der Waals surface area contributed by atoms with Crippen LogP contribution in [-0.4, -0.2) is 39.7 Å². The van der Waals surface area contributed by atoms with Crippen molar-refractivity contribution < 1.29 is 23.8 Å². The number of ether oxygens (including phenoxy) is 1. The van der Waals surface area contributed by atoms with Crippen LogP contribution in [0.5, 0.6) is 5.88 Å². The van der Waals surface area contributed by atoms with E-state index in [1.807, 2.05) is 41.0 Å². The maximum Gasteiger partial charge on any atom is 0.303 e. The fourth-order valence-corrected chi connectivity index (χ4v) is 5.29. The Bertz CT molecular complexity index is 1460. The summed E-state index contributed by atoms with van der Waals surface area (Å²) in [5.74, 6) is -0.688. The van der Waals surface area contributed by atoms with Crippen LogP contribution < -0.4 is 10.1 Å². The lowest BCUT2D eigenvalue weighted by atomic mass is 9.84. The van der Waals surface area contributed by atoms with Gasteiger partial charge in [0.25, 0.3) is 5.91 Å². The van der Waals surface area contributed by atoms with E-state index in [0.717, 1.165) is 42.5 Å². The molecule has 1 saturated carbocycles. The predicted octanol–water partition coefficient (Wildman–Crippen LogP) is 5.66. The molecule has 0 atom stereocenters. The summed E-state index contributed by atoms with van der Waals surface area (Å²) in [5, 5.41) is 12.5. The van der Waals surface area contributed by atoms with Crippen molar-refractivity contribution >= 4 is 22.8 Å². The monoisotopic (exact) mass is 515 g/mol. The Labute approximate surface area is 220 Å². The maximum absolute atomic E-state index is 14.7. The number of aliphatic carboxylic acids is 1. The summed E-state index contributed by atoms with van der Waals surface area (Å²) in [4.78, 5) is 28.8. The van der Waals surface area contributed by atoms with Crippen molar-refractivity contribution in [1.82, 2.24) is 14.9 Å². The van der Waals surface area contributed by atoms with Crippen LogP contribution in [0, 0.1) is 11.7 Å². The van der Waals surface area contributed by atoms with Crippen LogP contribution in [-0.2, 0) is 11.3 Å². The molecule has 2 aromatic carbocycles. The van der Waals surface area contributed by atoms with E-state index in [9.17, 15) is 14.0 Å². The van der Waals surface area contributed by atoms with Gasteiger partial charge in [0.05, 0.1) is 23.9 Å². The van der Waals surface area contributed by atoms with Crippen molar-refractivity contribution in [2.45, 2.75) is 44.7 Å². The van der Waals surface area contributed by atoms with Crippen LogP contribution in [0.25, 0.3) is 22.2 Å². The molecule has 0 radical (unpaired) electrons. The summed E-state index contributed by atoms with van der Waals surface area (Å²) >= 11 is 0. The van der Waals surface area contributed by atoms with Crippen LogP contribution >= 0.6 is 0 Å². The molecule has 2 aromatic heterocycles. The van der Waals surface area contributed by atoms with Crippen LogP contribution in [0.4, 0.5) is 4.39 Å². The molecular formula is C30H30FN3O4. The number of carboxylic acid groups (broad SMARTS) is 1. The first-order chi connectivity index (χ1) is 18.4. The van der Waals surface area contributed by atoms with E-state index in [1.54, 1.807) is 25.4 Å². The molecule has 1 fully saturated rings. The summed E-state index contributed by atoms with van der Waals surface area (Å²) in [6.45, 7) is 0.472. The summed E-state index contributed by atoms with van der Waals surface area (Å²) in [7, 11) is 1.58. The number of carboxylic acids is 1. The average Bonchev–Trinajstić information content (AvgIpc) is 3.34. The van der Waals surface area contributed by atoms with Gasteiger partial charge in [0.1, 0.15) is 5.82 Å². The van der Waals surface area contributed by atoms with Gasteiger partial charge in [0.2, 0.25) is 5.88 Å². The minimum Gasteiger partial charge on any atom is -0.481 e. The Morgan fingerprint density at radius 2 is 1.82 bits per heavy atom. The third-order valence-corrected chi connectivity index (χ3v) is 7.30. The average molecular weight is 516 g/mol. The minimum absolute atomic E-state index is 0.0196. The van der Waals surface area contributed by atoms with Gasteiger partial charge in [0.15, 0.2) is 0 Å². The molecule has 1 aliphatic rings. The molecule has 0 unspecified atom stereocenters. The van der Waals surface area contributed by atoms with E-state index >= 15 is 0 Å². The first kappa shape index (κ1) is 25.4. The minimum atomic E-state index is -0.779. The molecular weight excluding hydrogens is 485 g/mol. The van der Waals surface area contributed by atoms with E-state index in [2.05, 4.69) is 10.3 Å². The van der Waals surface area contributed by atoms with Crippen LogP contribution in [0.1, 0.15) is 48.0 Å². The van der Waals surface area contributed by atoms with Crippen LogP contribution in [0.15, 0.2) is 66.9 Å². The van der Waals surface area contributed by atoms with Gasteiger partial charge in [-0.05, 0) is 61.4 Å². The number of amides is 1. The number of carbonyl (C=O) groups is 2. The quantitative estimate of drug-likeness (QED) is 0.316. The lowest BCUT2D eigenvalue weighted by Gasteiger charge is -2.28. The standard InChI is InChI=1S/C30H30FN3O4/c1-38-27-4-2-3-26(33-27)21-9-5-20(6-10-21)18-34-16-15-23-25(31)14-13-24(29(23)34)30(37)32-22-11-7-19(8-12-22)17-28(35)36/h2-6,9-10,13-16,19,22H,7-8,11-12,17-18H2,1H3,(H,32,37)(H,35,36). The van der Waals surface area contributed by atoms with Crippen molar-refractivity contribution in [3.63, 3.8) is 0 Å². The molecule has 1 aliphatic carbocycles. The van der Waals surface area contributed by atoms with Crippen molar-refractivity contribution in [1.29, 1.82) is 0 Å². The van der Waals surface area contributed by atoms with E-state index in [1.165, 1.54) is 12.1 Å². The van der Waals surface area contributed by atoms with Crippen molar-refractivity contribution in [3.05, 3.63) is 83.8 Å². The third-order valence-electron chi connectivity index (χ3n) is 7.30. The number of carbonyl (C=O) groups excluding carboxylic acids is 1. The first-order valence-electron chi connectivity index (χ1n) is 12.8. The fourth-order valence-electron chi connectivity index (χ4n) is 5.29. The highest BCUT2D eigenvalue weighted by Gasteiger charge is 2.25. The summed E-state index contributed by atoms with van der Waals surface area (Å²) in [6.07, 6.45) is 5.00. The first-order valence-corrected chi connectivity index (χ1v) is 12.8. The number of pyridine rings is 1.